The van der Waals surface area contributed by atoms with Crippen molar-refractivity contribution in [3.63, 3.8) is 0 Å². The lowest BCUT2D eigenvalue weighted by molar-refractivity contribution is -0.114. The molecule has 1 aliphatic rings. The molecular weight excluding hydrogens is 519 g/mol. The Kier molecular flexibility index (Phi) is 10.8. The lowest BCUT2D eigenvalue weighted by Gasteiger charge is -2.35. The third-order valence-electron chi connectivity index (χ3n) is 5.01. The summed E-state index contributed by atoms with van der Waals surface area (Å²) in [7, 11) is 0. The molecule has 0 aliphatic carbocycles. The van der Waals surface area contributed by atoms with E-state index in [1.54, 1.807) is 0 Å². The van der Waals surface area contributed by atoms with Crippen molar-refractivity contribution in [1.82, 2.24) is 10.2 Å². The summed E-state index contributed by atoms with van der Waals surface area (Å²) in [6, 6.07) is 15.7. The Hall–Kier alpha value is -2.33. The number of hydrogen-bond acceptors (Lipinski definition) is 4. The molecule has 32 heavy (non-hydrogen) atoms. The number of nitrogens with one attached hydrogen (secondary N) is 2. The molecule has 1 atom stereocenters. The SMILES string of the molecule is CCNC(=NCCOc1cccc(NC(C)=O)c1)N1CCOC(c2ccccc2C)C1.I. The number of morpholine rings is 1. The number of ether oxygens (including phenoxy) is 2. The first-order valence-corrected chi connectivity index (χ1v) is 10.8. The molecule has 1 aliphatic heterocycles. The van der Waals surface area contributed by atoms with E-state index >= 15 is 0 Å². The van der Waals surface area contributed by atoms with Crippen LogP contribution in [0.3, 0.4) is 0 Å². The summed E-state index contributed by atoms with van der Waals surface area (Å²) in [6.07, 6.45) is 0.0339. The summed E-state index contributed by atoms with van der Waals surface area (Å²) in [4.78, 5) is 18.2. The molecule has 7 nitrogen and oxygen atoms in total. The number of rotatable bonds is 7. The summed E-state index contributed by atoms with van der Waals surface area (Å²) in [5.74, 6) is 1.48. The first-order valence-electron chi connectivity index (χ1n) is 10.8. The zero-order valence-corrected chi connectivity index (χ0v) is 21.3. The number of halogens is 1. The van der Waals surface area contributed by atoms with E-state index in [1.165, 1.54) is 18.1 Å². The molecule has 3 rings (SSSR count). The fourth-order valence-corrected chi connectivity index (χ4v) is 3.59. The van der Waals surface area contributed by atoms with Crippen LogP contribution in [0, 0.1) is 6.92 Å². The molecule has 0 saturated carbocycles. The van der Waals surface area contributed by atoms with Crippen molar-refractivity contribution in [3.05, 3.63) is 59.7 Å². The summed E-state index contributed by atoms with van der Waals surface area (Å²) in [6.45, 7) is 9.67. The van der Waals surface area contributed by atoms with Crippen LogP contribution in [0.15, 0.2) is 53.5 Å². The maximum absolute atomic E-state index is 11.2. The van der Waals surface area contributed by atoms with E-state index in [0.717, 1.165) is 31.3 Å². The summed E-state index contributed by atoms with van der Waals surface area (Å²) >= 11 is 0. The third kappa shape index (κ3) is 7.67. The molecule has 0 bridgehead atoms. The van der Waals surface area contributed by atoms with Crippen LogP contribution >= 0.6 is 24.0 Å². The first-order chi connectivity index (χ1) is 15.1. The Balaban J connectivity index is 0.00000363. The molecule has 2 N–H and O–H groups in total. The largest absolute Gasteiger partial charge is 0.492 e. The van der Waals surface area contributed by atoms with E-state index in [9.17, 15) is 4.79 Å². The highest BCUT2D eigenvalue weighted by Gasteiger charge is 2.25. The normalized spacial score (nSPS) is 16.2. The van der Waals surface area contributed by atoms with Crippen LogP contribution in [-0.4, -0.2) is 56.2 Å². The summed E-state index contributed by atoms with van der Waals surface area (Å²) < 4.78 is 11.9. The van der Waals surface area contributed by atoms with Crippen LogP contribution < -0.4 is 15.4 Å². The van der Waals surface area contributed by atoms with Crippen molar-refractivity contribution in [2.75, 3.05) is 44.7 Å². The minimum Gasteiger partial charge on any atom is -0.492 e. The number of amides is 1. The van der Waals surface area contributed by atoms with Crippen molar-refractivity contribution in [1.29, 1.82) is 0 Å². The van der Waals surface area contributed by atoms with Crippen LogP contribution in [-0.2, 0) is 9.53 Å². The zero-order chi connectivity index (χ0) is 22.1. The van der Waals surface area contributed by atoms with E-state index in [4.69, 9.17) is 14.5 Å². The van der Waals surface area contributed by atoms with Crippen molar-refractivity contribution in [3.8, 4) is 5.75 Å². The fraction of sp³-hybridized carbons (Fsp3) is 0.417. The molecule has 1 unspecified atom stereocenters. The van der Waals surface area contributed by atoms with Crippen LogP contribution in [0.2, 0.25) is 0 Å². The van der Waals surface area contributed by atoms with Gasteiger partial charge in [0.15, 0.2) is 5.96 Å². The van der Waals surface area contributed by atoms with Crippen LogP contribution in [0.5, 0.6) is 5.75 Å². The van der Waals surface area contributed by atoms with Gasteiger partial charge in [-0.25, -0.2) is 4.99 Å². The van der Waals surface area contributed by atoms with E-state index in [1.807, 2.05) is 24.3 Å². The van der Waals surface area contributed by atoms with Gasteiger partial charge in [-0.3, -0.25) is 4.79 Å². The number of hydrogen-bond donors (Lipinski definition) is 2. The predicted octanol–water partition coefficient (Wildman–Crippen LogP) is 3.99. The Morgan fingerprint density at radius 3 is 2.81 bits per heavy atom. The van der Waals surface area contributed by atoms with Crippen molar-refractivity contribution in [2.24, 2.45) is 4.99 Å². The second-order valence-electron chi connectivity index (χ2n) is 7.46. The van der Waals surface area contributed by atoms with Gasteiger partial charge in [-0.2, -0.15) is 0 Å². The molecule has 1 heterocycles. The number of anilines is 1. The molecule has 2 aromatic carbocycles. The monoisotopic (exact) mass is 552 g/mol. The van der Waals surface area contributed by atoms with E-state index in [2.05, 4.69) is 53.6 Å². The van der Waals surface area contributed by atoms with E-state index < -0.39 is 0 Å². The third-order valence-corrected chi connectivity index (χ3v) is 5.01. The number of aliphatic imine (C=N–C) groups is 1. The molecule has 1 saturated heterocycles. The van der Waals surface area contributed by atoms with E-state index in [-0.39, 0.29) is 36.0 Å². The van der Waals surface area contributed by atoms with Gasteiger partial charge in [0.05, 0.1) is 19.7 Å². The van der Waals surface area contributed by atoms with Gasteiger partial charge in [0, 0.05) is 31.8 Å². The number of aryl methyl sites for hydroxylation is 1. The number of nitrogens with zero attached hydrogens (tertiary/aromatic N) is 2. The van der Waals surface area contributed by atoms with Gasteiger partial charge in [-0.05, 0) is 37.1 Å². The molecule has 0 radical (unpaired) electrons. The number of benzene rings is 2. The quantitative estimate of drug-likeness (QED) is 0.235. The van der Waals surface area contributed by atoms with Gasteiger partial charge < -0.3 is 25.0 Å². The first kappa shape index (κ1) is 25.9. The smallest absolute Gasteiger partial charge is 0.221 e. The molecular formula is C24H33IN4O3. The average molecular weight is 552 g/mol. The highest BCUT2D eigenvalue weighted by atomic mass is 127. The molecule has 174 valence electrons. The molecule has 2 aromatic rings. The molecule has 0 aromatic heterocycles. The van der Waals surface area contributed by atoms with Crippen molar-refractivity contribution >= 4 is 41.5 Å². The highest BCUT2D eigenvalue weighted by Crippen LogP contribution is 2.25. The van der Waals surface area contributed by atoms with Gasteiger partial charge in [0.2, 0.25) is 5.91 Å². The molecule has 1 amide bonds. The Labute approximate surface area is 207 Å². The van der Waals surface area contributed by atoms with Gasteiger partial charge in [-0.1, -0.05) is 30.3 Å². The predicted molar refractivity (Wildman–Crippen MR) is 139 cm³/mol. The number of guanidine groups is 1. The van der Waals surface area contributed by atoms with Crippen molar-refractivity contribution < 1.29 is 14.3 Å². The van der Waals surface area contributed by atoms with Crippen LogP contribution in [0.25, 0.3) is 0 Å². The Bertz CT molecular complexity index is 906. The highest BCUT2D eigenvalue weighted by molar-refractivity contribution is 14.0. The minimum atomic E-state index is -0.105. The maximum atomic E-state index is 11.2. The second kappa shape index (κ2) is 13.3. The Morgan fingerprint density at radius 1 is 1.25 bits per heavy atom. The standard InChI is InChI=1S/C24H32N4O3.HI/c1-4-25-24(26-12-14-30-21-10-7-9-20(16-21)27-19(3)29)28-13-15-31-23(17-28)22-11-6-5-8-18(22)2;/h5-11,16,23H,4,12-15,17H2,1-3H3,(H,25,26)(H,27,29);1H. The molecule has 0 spiro atoms. The van der Waals surface area contributed by atoms with Crippen LogP contribution in [0.1, 0.15) is 31.1 Å². The van der Waals surface area contributed by atoms with Crippen LogP contribution in [0.4, 0.5) is 5.69 Å². The van der Waals surface area contributed by atoms with E-state index in [0.29, 0.717) is 25.5 Å². The summed E-state index contributed by atoms with van der Waals surface area (Å²) in [5, 5.41) is 6.15. The topological polar surface area (TPSA) is 75.2 Å². The maximum Gasteiger partial charge on any atom is 0.221 e. The summed E-state index contributed by atoms with van der Waals surface area (Å²) in [5.41, 5.74) is 3.19. The molecule has 8 heteroatoms. The lowest BCUT2D eigenvalue weighted by Crippen LogP contribution is -2.48. The zero-order valence-electron chi connectivity index (χ0n) is 19.0. The fourth-order valence-electron chi connectivity index (χ4n) is 3.59. The van der Waals surface area contributed by atoms with Crippen molar-refractivity contribution in [2.45, 2.75) is 26.9 Å². The number of carbonyl (C=O) groups excluding carboxylic acids is 1. The average Bonchev–Trinajstić information content (AvgIpc) is 2.76. The minimum absolute atomic E-state index is 0. The second-order valence-corrected chi connectivity index (χ2v) is 7.46. The van der Waals surface area contributed by atoms with Gasteiger partial charge in [0.1, 0.15) is 18.5 Å². The van der Waals surface area contributed by atoms with Gasteiger partial charge in [0.25, 0.3) is 0 Å². The number of carbonyl (C=O) groups is 1. The lowest BCUT2D eigenvalue weighted by atomic mass is 10.0. The Morgan fingerprint density at radius 2 is 2.06 bits per heavy atom. The van der Waals surface area contributed by atoms with Gasteiger partial charge in [-0.15, -0.1) is 24.0 Å². The van der Waals surface area contributed by atoms with Gasteiger partial charge >= 0.3 is 0 Å². The molecule has 1 fully saturated rings.